The molecular formula is C13H17FO3. The van der Waals surface area contributed by atoms with E-state index in [2.05, 4.69) is 0 Å². The van der Waals surface area contributed by atoms with E-state index in [-0.39, 0.29) is 12.2 Å². The lowest BCUT2D eigenvalue weighted by Gasteiger charge is -2.24. The largest absolute Gasteiger partial charge is 0.459 e. The van der Waals surface area contributed by atoms with Crippen molar-refractivity contribution < 1.29 is 19.0 Å². The van der Waals surface area contributed by atoms with Crippen LogP contribution in [0.1, 0.15) is 37.0 Å². The molecule has 0 unspecified atom stereocenters. The van der Waals surface area contributed by atoms with Crippen molar-refractivity contribution in [1.82, 2.24) is 0 Å². The first-order valence-electron chi connectivity index (χ1n) is 5.66. The van der Waals surface area contributed by atoms with Gasteiger partial charge in [0, 0.05) is 0 Å². The third kappa shape index (κ3) is 3.82. The monoisotopic (exact) mass is 240 g/mol. The Bertz CT molecular complexity index is 386. The minimum atomic E-state index is -0.997. The summed E-state index contributed by atoms with van der Waals surface area (Å²) in [4.78, 5) is 11.6. The normalized spacial score (nSPS) is 11.3. The first kappa shape index (κ1) is 13.6. The van der Waals surface area contributed by atoms with Crippen molar-refractivity contribution >= 4 is 5.97 Å². The number of hydrogen-bond donors (Lipinski definition) is 1. The summed E-state index contributed by atoms with van der Waals surface area (Å²) >= 11 is 0. The van der Waals surface area contributed by atoms with Gasteiger partial charge < -0.3 is 9.84 Å². The van der Waals surface area contributed by atoms with Gasteiger partial charge in [-0.05, 0) is 31.0 Å². The van der Waals surface area contributed by atoms with E-state index in [0.717, 1.165) is 6.07 Å². The summed E-state index contributed by atoms with van der Waals surface area (Å²) in [7, 11) is 0. The van der Waals surface area contributed by atoms with Gasteiger partial charge >= 0.3 is 5.97 Å². The Hall–Kier alpha value is -1.42. The molecule has 17 heavy (non-hydrogen) atoms. The number of hydrogen-bond acceptors (Lipinski definition) is 3. The summed E-state index contributed by atoms with van der Waals surface area (Å²) in [5.41, 5.74) is -0.845. The maximum Gasteiger partial charge on any atom is 0.338 e. The number of ether oxygens (including phenoxy) is 1. The third-order valence-corrected chi connectivity index (χ3v) is 2.85. The number of halogens is 1. The van der Waals surface area contributed by atoms with Crippen molar-refractivity contribution in [3.8, 4) is 0 Å². The highest BCUT2D eigenvalue weighted by Crippen LogP contribution is 2.16. The van der Waals surface area contributed by atoms with E-state index in [9.17, 15) is 14.3 Å². The van der Waals surface area contributed by atoms with Crippen LogP contribution in [-0.4, -0.2) is 23.3 Å². The lowest BCUT2D eigenvalue weighted by molar-refractivity contribution is -0.0366. The minimum absolute atomic E-state index is 0.0741. The highest BCUT2D eigenvalue weighted by atomic mass is 19.1. The number of aliphatic hydroxyl groups is 1. The predicted octanol–water partition coefficient (Wildman–Crippen LogP) is 2.53. The predicted molar refractivity (Wildman–Crippen MR) is 62.2 cm³/mol. The Kier molecular flexibility index (Phi) is 4.63. The van der Waals surface area contributed by atoms with Crippen molar-refractivity contribution in [2.75, 3.05) is 6.61 Å². The molecule has 0 heterocycles. The third-order valence-electron chi connectivity index (χ3n) is 2.85. The van der Waals surface area contributed by atoms with E-state index >= 15 is 0 Å². The second-order valence-corrected chi connectivity index (χ2v) is 4.02. The molecule has 0 spiro atoms. The summed E-state index contributed by atoms with van der Waals surface area (Å²) in [5.74, 6) is -1.11. The summed E-state index contributed by atoms with van der Waals surface area (Å²) in [6.07, 6.45) is 1.000. The highest BCUT2D eigenvalue weighted by Gasteiger charge is 2.24. The van der Waals surface area contributed by atoms with Gasteiger partial charge in [0.1, 0.15) is 12.4 Å². The van der Waals surface area contributed by atoms with Crippen LogP contribution in [0.25, 0.3) is 0 Å². The second kappa shape index (κ2) is 5.77. The maximum absolute atomic E-state index is 12.9. The number of carbonyl (C=O) groups excluding carboxylic acids is 1. The molecule has 0 aliphatic heterocycles. The topological polar surface area (TPSA) is 46.5 Å². The zero-order valence-electron chi connectivity index (χ0n) is 10.1. The molecule has 0 aromatic heterocycles. The van der Waals surface area contributed by atoms with Gasteiger partial charge in [0.15, 0.2) is 0 Å². The maximum atomic E-state index is 12.9. The molecule has 0 atom stereocenters. The highest BCUT2D eigenvalue weighted by molar-refractivity contribution is 5.89. The fourth-order valence-electron chi connectivity index (χ4n) is 1.35. The van der Waals surface area contributed by atoms with Crippen molar-refractivity contribution in [3.63, 3.8) is 0 Å². The molecule has 0 radical (unpaired) electrons. The van der Waals surface area contributed by atoms with Crippen molar-refractivity contribution in [2.45, 2.75) is 32.3 Å². The fourth-order valence-corrected chi connectivity index (χ4v) is 1.35. The molecule has 1 aromatic rings. The second-order valence-electron chi connectivity index (χ2n) is 4.02. The van der Waals surface area contributed by atoms with Gasteiger partial charge in [-0.2, -0.15) is 0 Å². The van der Waals surface area contributed by atoms with E-state index in [0.29, 0.717) is 12.8 Å². The number of rotatable bonds is 5. The molecule has 0 amide bonds. The summed E-state index contributed by atoms with van der Waals surface area (Å²) < 4.78 is 17.9. The molecule has 0 aliphatic carbocycles. The van der Waals surface area contributed by atoms with Gasteiger partial charge in [-0.15, -0.1) is 0 Å². The average molecular weight is 240 g/mol. The summed E-state index contributed by atoms with van der Waals surface area (Å²) in [6, 6.07) is 5.28. The van der Waals surface area contributed by atoms with Crippen LogP contribution in [0.3, 0.4) is 0 Å². The van der Waals surface area contributed by atoms with Gasteiger partial charge in [0.05, 0.1) is 11.2 Å². The zero-order valence-corrected chi connectivity index (χ0v) is 10.1. The molecule has 4 heteroatoms. The molecular weight excluding hydrogens is 223 g/mol. The molecule has 1 aromatic carbocycles. The van der Waals surface area contributed by atoms with Crippen LogP contribution in [0.5, 0.6) is 0 Å². The molecule has 0 saturated carbocycles. The van der Waals surface area contributed by atoms with E-state index in [1.165, 1.54) is 18.2 Å². The van der Waals surface area contributed by atoms with Crippen LogP contribution in [0.4, 0.5) is 4.39 Å². The molecule has 0 bridgehead atoms. The van der Waals surface area contributed by atoms with Crippen LogP contribution < -0.4 is 0 Å². The van der Waals surface area contributed by atoms with Gasteiger partial charge in [-0.25, -0.2) is 9.18 Å². The Morgan fingerprint density at radius 3 is 2.59 bits per heavy atom. The van der Waals surface area contributed by atoms with Gasteiger partial charge in [0.25, 0.3) is 0 Å². The molecule has 0 saturated heterocycles. The Balaban J connectivity index is 2.62. The number of carbonyl (C=O) groups is 1. The molecule has 1 N–H and O–H groups in total. The standard InChI is InChI=1S/C13H17FO3/c1-3-13(16,4-2)9-17-12(15)10-6-5-7-11(14)8-10/h5-8,16H,3-4,9H2,1-2H3. The number of benzene rings is 1. The average Bonchev–Trinajstić information content (AvgIpc) is 2.35. The molecule has 1 rings (SSSR count). The molecule has 0 fully saturated rings. The number of esters is 1. The van der Waals surface area contributed by atoms with E-state index in [4.69, 9.17) is 4.74 Å². The van der Waals surface area contributed by atoms with Crippen LogP contribution in [-0.2, 0) is 4.74 Å². The van der Waals surface area contributed by atoms with Gasteiger partial charge in [0.2, 0.25) is 0 Å². The summed E-state index contributed by atoms with van der Waals surface area (Å²) in [6.45, 7) is 3.56. The SMILES string of the molecule is CCC(O)(CC)COC(=O)c1cccc(F)c1. The lowest BCUT2D eigenvalue weighted by Crippen LogP contribution is -2.34. The van der Waals surface area contributed by atoms with E-state index < -0.39 is 17.4 Å². The summed E-state index contributed by atoms with van der Waals surface area (Å²) in [5, 5.41) is 9.93. The Morgan fingerprint density at radius 1 is 1.41 bits per heavy atom. The van der Waals surface area contributed by atoms with E-state index in [1.54, 1.807) is 0 Å². The van der Waals surface area contributed by atoms with Crippen LogP contribution in [0.2, 0.25) is 0 Å². The van der Waals surface area contributed by atoms with Crippen molar-refractivity contribution in [3.05, 3.63) is 35.6 Å². The smallest absolute Gasteiger partial charge is 0.338 e. The Morgan fingerprint density at radius 2 is 2.06 bits per heavy atom. The van der Waals surface area contributed by atoms with Gasteiger partial charge in [-0.3, -0.25) is 0 Å². The molecule has 94 valence electrons. The van der Waals surface area contributed by atoms with Crippen LogP contribution in [0, 0.1) is 5.82 Å². The zero-order chi connectivity index (χ0) is 12.9. The van der Waals surface area contributed by atoms with Gasteiger partial charge in [-0.1, -0.05) is 19.9 Å². The van der Waals surface area contributed by atoms with E-state index in [1.807, 2.05) is 13.8 Å². The first-order valence-corrected chi connectivity index (χ1v) is 5.66. The molecule has 3 nitrogen and oxygen atoms in total. The van der Waals surface area contributed by atoms with Crippen LogP contribution >= 0.6 is 0 Å². The lowest BCUT2D eigenvalue weighted by atomic mass is 9.99. The van der Waals surface area contributed by atoms with Crippen molar-refractivity contribution in [1.29, 1.82) is 0 Å². The fraction of sp³-hybridized carbons (Fsp3) is 0.462. The minimum Gasteiger partial charge on any atom is -0.459 e. The van der Waals surface area contributed by atoms with Crippen LogP contribution in [0.15, 0.2) is 24.3 Å². The van der Waals surface area contributed by atoms with Crippen molar-refractivity contribution in [2.24, 2.45) is 0 Å². The Labute approximate surface area is 100 Å². The quantitative estimate of drug-likeness (QED) is 0.804. The first-order chi connectivity index (χ1) is 8.00. The molecule has 0 aliphatic rings.